The van der Waals surface area contributed by atoms with E-state index in [0.29, 0.717) is 22.6 Å². The molecule has 0 saturated carbocycles. The van der Waals surface area contributed by atoms with Gasteiger partial charge in [0.15, 0.2) is 5.16 Å². The minimum absolute atomic E-state index is 0.0949. The van der Waals surface area contributed by atoms with E-state index < -0.39 is 0 Å². The maximum atomic E-state index is 13.1. The monoisotopic (exact) mass is 395 g/mol. The van der Waals surface area contributed by atoms with Crippen molar-refractivity contribution >= 4 is 28.6 Å². The zero-order chi connectivity index (χ0) is 19.3. The van der Waals surface area contributed by atoms with Gasteiger partial charge in [-0.3, -0.25) is 14.2 Å². The number of hydrogen-bond donors (Lipinski definition) is 1. The first-order valence-electron chi connectivity index (χ1n) is 9.31. The van der Waals surface area contributed by atoms with Gasteiger partial charge in [-0.05, 0) is 37.1 Å². The van der Waals surface area contributed by atoms with Crippen LogP contribution in [0.4, 0.5) is 0 Å². The predicted molar refractivity (Wildman–Crippen MR) is 110 cm³/mol. The average Bonchev–Trinajstić information content (AvgIpc) is 3.25. The van der Waals surface area contributed by atoms with Gasteiger partial charge in [0.25, 0.3) is 5.56 Å². The number of hydrogen-bond acceptors (Lipinski definition) is 5. The number of carbonyl (C=O) groups excluding carboxylic acids is 1. The van der Waals surface area contributed by atoms with Gasteiger partial charge < -0.3 is 10.1 Å². The molecule has 0 bridgehead atoms. The second-order valence-electron chi connectivity index (χ2n) is 6.62. The van der Waals surface area contributed by atoms with Crippen molar-refractivity contribution in [2.75, 3.05) is 18.9 Å². The normalized spacial score (nSPS) is 16.4. The molecule has 0 unspecified atom stereocenters. The number of fused-ring (bicyclic) bond motifs is 1. The largest absolute Gasteiger partial charge is 0.376 e. The second kappa shape index (κ2) is 8.58. The van der Waals surface area contributed by atoms with Crippen molar-refractivity contribution in [3.63, 3.8) is 0 Å². The fourth-order valence-corrected chi connectivity index (χ4v) is 4.07. The Morgan fingerprint density at radius 2 is 1.96 bits per heavy atom. The first-order valence-corrected chi connectivity index (χ1v) is 10.3. The number of benzene rings is 2. The van der Waals surface area contributed by atoms with Crippen LogP contribution in [-0.2, 0) is 9.53 Å². The van der Waals surface area contributed by atoms with E-state index in [2.05, 4.69) is 10.3 Å². The van der Waals surface area contributed by atoms with Gasteiger partial charge in [0.05, 0.1) is 28.4 Å². The minimum atomic E-state index is -0.140. The van der Waals surface area contributed by atoms with E-state index in [1.165, 1.54) is 11.8 Å². The lowest BCUT2D eigenvalue weighted by molar-refractivity contribution is -0.119. The number of aromatic nitrogens is 2. The summed E-state index contributed by atoms with van der Waals surface area (Å²) in [5.74, 6) is 0.0900. The maximum Gasteiger partial charge on any atom is 0.266 e. The van der Waals surface area contributed by atoms with Crippen LogP contribution in [0.2, 0.25) is 0 Å². The number of amides is 1. The average molecular weight is 395 g/mol. The van der Waals surface area contributed by atoms with Crippen LogP contribution in [0.1, 0.15) is 12.8 Å². The Bertz CT molecular complexity index is 1030. The molecule has 1 aliphatic heterocycles. The highest BCUT2D eigenvalue weighted by atomic mass is 32.2. The van der Waals surface area contributed by atoms with Crippen molar-refractivity contribution in [2.24, 2.45) is 0 Å². The molecule has 0 radical (unpaired) electrons. The highest BCUT2D eigenvalue weighted by Gasteiger charge is 2.17. The van der Waals surface area contributed by atoms with Crippen LogP contribution in [0.5, 0.6) is 0 Å². The summed E-state index contributed by atoms with van der Waals surface area (Å²) in [7, 11) is 0. The van der Waals surface area contributed by atoms with E-state index >= 15 is 0 Å². The van der Waals surface area contributed by atoms with E-state index in [1.54, 1.807) is 10.6 Å². The van der Waals surface area contributed by atoms with Gasteiger partial charge in [-0.2, -0.15) is 0 Å². The maximum absolute atomic E-state index is 13.1. The molecule has 1 atom stereocenters. The van der Waals surface area contributed by atoms with E-state index in [4.69, 9.17) is 4.74 Å². The molecule has 2 aromatic carbocycles. The van der Waals surface area contributed by atoms with E-state index in [9.17, 15) is 9.59 Å². The summed E-state index contributed by atoms with van der Waals surface area (Å²) in [5, 5.41) is 3.96. The van der Waals surface area contributed by atoms with Crippen molar-refractivity contribution in [1.82, 2.24) is 14.9 Å². The summed E-state index contributed by atoms with van der Waals surface area (Å²) in [6.45, 7) is 1.29. The van der Waals surface area contributed by atoms with Gasteiger partial charge in [-0.1, -0.05) is 42.1 Å². The quantitative estimate of drug-likeness (QED) is 0.513. The van der Waals surface area contributed by atoms with E-state index in [-0.39, 0.29) is 23.3 Å². The van der Waals surface area contributed by atoms with Crippen LogP contribution in [0.15, 0.2) is 64.5 Å². The van der Waals surface area contributed by atoms with Gasteiger partial charge in [0, 0.05) is 13.2 Å². The Hall–Kier alpha value is -2.64. The summed E-state index contributed by atoms with van der Waals surface area (Å²) in [4.78, 5) is 30.0. The molecule has 1 fully saturated rings. The van der Waals surface area contributed by atoms with Crippen molar-refractivity contribution in [3.05, 3.63) is 65.0 Å². The second-order valence-corrected chi connectivity index (χ2v) is 7.56. The Labute approximate surface area is 166 Å². The molecular weight excluding hydrogens is 374 g/mol. The van der Waals surface area contributed by atoms with E-state index in [1.807, 2.05) is 48.5 Å². The molecule has 0 aliphatic carbocycles. The number of rotatable bonds is 6. The van der Waals surface area contributed by atoms with Gasteiger partial charge >= 0.3 is 0 Å². The van der Waals surface area contributed by atoms with Crippen molar-refractivity contribution < 1.29 is 9.53 Å². The van der Waals surface area contributed by atoms with Crippen molar-refractivity contribution in [1.29, 1.82) is 0 Å². The number of thioether (sulfide) groups is 1. The molecule has 1 aromatic heterocycles. The molecule has 144 valence electrons. The molecule has 1 saturated heterocycles. The summed E-state index contributed by atoms with van der Waals surface area (Å²) in [6.07, 6.45) is 2.13. The van der Waals surface area contributed by atoms with Gasteiger partial charge in [-0.25, -0.2) is 4.98 Å². The van der Waals surface area contributed by atoms with Crippen molar-refractivity contribution in [3.8, 4) is 5.69 Å². The minimum Gasteiger partial charge on any atom is -0.376 e. The molecule has 6 nitrogen and oxygen atoms in total. The summed E-state index contributed by atoms with van der Waals surface area (Å²) >= 11 is 1.26. The Morgan fingerprint density at radius 3 is 2.75 bits per heavy atom. The number of ether oxygens (including phenoxy) is 1. The summed E-state index contributed by atoms with van der Waals surface area (Å²) in [5.41, 5.74) is 1.22. The highest BCUT2D eigenvalue weighted by Crippen LogP contribution is 2.21. The number of nitrogens with zero attached hydrogens (tertiary/aromatic N) is 2. The predicted octanol–water partition coefficient (Wildman–Crippen LogP) is 2.77. The van der Waals surface area contributed by atoms with Crippen LogP contribution in [0, 0.1) is 0 Å². The lowest BCUT2D eigenvalue weighted by Crippen LogP contribution is -2.33. The Balaban J connectivity index is 1.58. The molecular formula is C21H21N3O3S. The SMILES string of the molecule is O=C(CSc1nc2ccccc2c(=O)n1-c1ccccc1)NC[C@@H]1CCCO1. The standard InChI is InChI=1S/C21H21N3O3S/c25-19(22-13-16-9-6-12-27-16)14-28-21-23-18-11-5-4-10-17(18)20(26)24(21)15-7-2-1-3-8-15/h1-5,7-8,10-11,16H,6,9,12-14H2,(H,22,25)/t16-/m0/s1. The lowest BCUT2D eigenvalue weighted by atomic mass is 10.2. The van der Waals surface area contributed by atoms with Crippen LogP contribution >= 0.6 is 11.8 Å². The number of nitrogens with one attached hydrogen (secondary N) is 1. The highest BCUT2D eigenvalue weighted by molar-refractivity contribution is 7.99. The van der Waals surface area contributed by atoms with Crippen LogP contribution in [0.25, 0.3) is 16.6 Å². The topological polar surface area (TPSA) is 73.2 Å². The van der Waals surface area contributed by atoms with Gasteiger partial charge in [0.1, 0.15) is 0 Å². The van der Waals surface area contributed by atoms with Crippen LogP contribution < -0.4 is 10.9 Å². The smallest absolute Gasteiger partial charge is 0.266 e. The summed E-state index contributed by atoms with van der Waals surface area (Å²) in [6, 6.07) is 16.6. The number of para-hydroxylation sites is 2. The molecule has 3 aromatic rings. The molecule has 1 N–H and O–H groups in total. The first kappa shape index (κ1) is 18.7. The van der Waals surface area contributed by atoms with Crippen LogP contribution in [0.3, 0.4) is 0 Å². The zero-order valence-electron chi connectivity index (χ0n) is 15.3. The van der Waals surface area contributed by atoms with Gasteiger partial charge in [-0.15, -0.1) is 0 Å². The van der Waals surface area contributed by atoms with Gasteiger partial charge in [0.2, 0.25) is 5.91 Å². The molecule has 1 amide bonds. The molecule has 4 rings (SSSR count). The summed E-state index contributed by atoms with van der Waals surface area (Å²) < 4.78 is 7.10. The molecule has 1 aliphatic rings. The molecule has 2 heterocycles. The van der Waals surface area contributed by atoms with Crippen LogP contribution in [-0.4, -0.2) is 40.5 Å². The first-order chi connectivity index (χ1) is 13.7. The fourth-order valence-electron chi connectivity index (χ4n) is 3.23. The molecule has 7 heteroatoms. The lowest BCUT2D eigenvalue weighted by Gasteiger charge is -2.14. The molecule has 28 heavy (non-hydrogen) atoms. The number of carbonyl (C=O) groups is 1. The molecule has 0 spiro atoms. The third-order valence-corrected chi connectivity index (χ3v) is 5.58. The zero-order valence-corrected chi connectivity index (χ0v) is 16.2. The third-order valence-electron chi connectivity index (χ3n) is 4.64. The Kier molecular flexibility index (Phi) is 5.73. The van der Waals surface area contributed by atoms with E-state index in [0.717, 1.165) is 25.1 Å². The Morgan fingerprint density at radius 1 is 1.18 bits per heavy atom. The third kappa shape index (κ3) is 4.10. The fraction of sp³-hybridized carbons (Fsp3) is 0.286. The van der Waals surface area contributed by atoms with Crippen molar-refractivity contribution in [2.45, 2.75) is 24.1 Å².